The van der Waals surface area contributed by atoms with Crippen LogP contribution in [0.15, 0.2) is 41.2 Å². The summed E-state index contributed by atoms with van der Waals surface area (Å²) in [6.45, 7) is 0.268. The SMILES string of the molecule is Cn1c(=O)n(Cc2cc(O)c(Cl)cc2Cl)c2ccccc21. The summed E-state index contributed by atoms with van der Waals surface area (Å²) in [5, 5.41) is 10.3. The van der Waals surface area contributed by atoms with Crippen molar-refractivity contribution in [1.82, 2.24) is 9.13 Å². The minimum absolute atomic E-state index is 0.0515. The van der Waals surface area contributed by atoms with Crippen molar-refractivity contribution >= 4 is 34.2 Å². The van der Waals surface area contributed by atoms with E-state index in [1.165, 1.54) is 12.1 Å². The number of aromatic nitrogens is 2. The second kappa shape index (κ2) is 5.13. The van der Waals surface area contributed by atoms with Crippen LogP contribution in [-0.2, 0) is 13.6 Å². The van der Waals surface area contributed by atoms with Crippen molar-refractivity contribution in [3.05, 3.63) is 62.5 Å². The van der Waals surface area contributed by atoms with E-state index in [1.54, 1.807) is 16.2 Å². The van der Waals surface area contributed by atoms with Gasteiger partial charge in [0.2, 0.25) is 0 Å². The summed E-state index contributed by atoms with van der Waals surface area (Å²) in [6, 6.07) is 10.5. The Labute approximate surface area is 130 Å². The van der Waals surface area contributed by atoms with E-state index in [9.17, 15) is 9.90 Å². The molecule has 3 aromatic rings. The van der Waals surface area contributed by atoms with E-state index in [0.29, 0.717) is 10.6 Å². The average Bonchev–Trinajstić information content (AvgIpc) is 2.70. The Morgan fingerprint density at radius 2 is 1.76 bits per heavy atom. The molecule has 0 aliphatic heterocycles. The van der Waals surface area contributed by atoms with E-state index in [1.807, 2.05) is 24.3 Å². The monoisotopic (exact) mass is 322 g/mol. The van der Waals surface area contributed by atoms with Gasteiger partial charge in [0.1, 0.15) is 5.75 Å². The number of hydrogen-bond acceptors (Lipinski definition) is 2. The summed E-state index contributed by atoms with van der Waals surface area (Å²) < 4.78 is 3.20. The lowest BCUT2D eigenvalue weighted by molar-refractivity contribution is 0.474. The van der Waals surface area contributed by atoms with Crippen molar-refractivity contribution < 1.29 is 5.11 Å². The Balaban J connectivity index is 2.17. The number of halogens is 2. The summed E-state index contributed by atoms with van der Waals surface area (Å²) in [5.41, 5.74) is 2.16. The quantitative estimate of drug-likeness (QED) is 0.786. The molecule has 0 saturated carbocycles. The minimum Gasteiger partial charge on any atom is -0.506 e. The molecule has 0 bridgehead atoms. The number of aromatic hydroxyl groups is 1. The number of fused-ring (bicyclic) bond motifs is 1. The Kier molecular flexibility index (Phi) is 3.43. The van der Waals surface area contributed by atoms with Gasteiger partial charge in [-0.2, -0.15) is 0 Å². The highest BCUT2D eigenvalue weighted by molar-refractivity contribution is 6.35. The molecule has 1 aromatic heterocycles. The molecule has 0 atom stereocenters. The maximum absolute atomic E-state index is 12.3. The molecule has 0 aliphatic carbocycles. The number of benzene rings is 2. The third-order valence-electron chi connectivity index (χ3n) is 3.50. The number of phenolic OH excluding ortho intramolecular Hbond substituents is 1. The highest BCUT2D eigenvalue weighted by Crippen LogP contribution is 2.30. The number of phenols is 1. The zero-order chi connectivity index (χ0) is 15.1. The van der Waals surface area contributed by atoms with Crippen LogP contribution in [0.2, 0.25) is 10.0 Å². The first-order chi connectivity index (χ1) is 9.99. The Morgan fingerprint density at radius 3 is 2.48 bits per heavy atom. The second-order valence-electron chi connectivity index (χ2n) is 4.81. The smallest absolute Gasteiger partial charge is 0.329 e. The van der Waals surface area contributed by atoms with Gasteiger partial charge in [-0.1, -0.05) is 35.3 Å². The topological polar surface area (TPSA) is 47.2 Å². The van der Waals surface area contributed by atoms with Gasteiger partial charge in [-0.25, -0.2) is 4.79 Å². The molecule has 0 aliphatic rings. The van der Waals surface area contributed by atoms with Gasteiger partial charge in [0.05, 0.1) is 22.6 Å². The van der Waals surface area contributed by atoms with Crippen molar-refractivity contribution in [3.8, 4) is 5.75 Å². The fourth-order valence-electron chi connectivity index (χ4n) is 2.39. The number of rotatable bonds is 2. The normalized spacial score (nSPS) is 11.2. The fourth-order valence-corrected chi connectivity index (χ4v) is 2.83. The first-order valence-electron chi connectivity index (χ1n) is 6.30. The number of aryl methyl sites for hydroxylation is 1. The molecule has 3 rings (SSSR count). The minimum atomic E-state index is -0.137. The Bertz CT molecular complexity index is 897. The van der Waals surface area contributed by atoms with Crippen LogP contribution in [0, 0.1) is 0 Å². The summed E-state index contributed by atoms with van der Waals surface area (Å²) in [7, 11) is 1.72. The lowest BCUT2D eigenvalue weighted by Crippen LogP contribution is -2.22. The third-order valence-corrected chi connectivity index (χ3v) is 4.15. The summed E-state index contributed by atoms with van der Waals surface area (Å²) in [4.78, 5) is 12.3. The molecule has 1 N–H and O–H groups in total. The van der Waals surface area contributed by atoms with E-state index in [4.69, 9.17) is 23.2 Å². The van der Waals surface area contributed by atoms with Gasteiger partial charge < -0.3 is 5.11 Å². The third kappa shape index (κ3) is 2.30. The molecule has 2 aromatic carbocycles. The predicted molar refractivity (Wildman–Crippen MR) is 84.4 cm³/mol. The molecule has 1 heterocycles. The van der Waals surface area contributed by atoms with Crippen LogP contribution in [0.4, 0.5) is 0 Å². The van der Waals surface area contributed by atoms with Crippen LogP contribution >= 0.6 is 23.2 Å². The van der Waals surface area contributed by atoms with Gasteiger partial charge in [0, 0.05) is 12.1 Å². The summed E-state index contributed by atoms with van der Waals surface area (Å²) in [6.07, 6.45) is 0. The lowest BCUT2D eigenvalue weighted by atomic mass is 10.2. The maximum atomic E-state index is 12.3. The zero-order valence-electron chi connectivity index (χ0n) is 11.2. The molecule has 0 saturated heterocycles. The zero-order valence-corrected chi connectivity index (χ0v) is 12.7. The van der Waals surface area contributed by atoms with Crippen molar-refractivity contribution in [2.75, 3.05) is 0 Å². The van der Waals surface area contributed by atoms with E-state index < -0.39 is 0 Å². The highest BCUT2D eigenvalue weighted by Gasteiger charge is 2.13. The van der Waals surface area contributed by atoms with Crippen LogP contribution in [0.5, 0.6) is 5.75 Å². The van der Waals surface area contributed by atoms with Gasteiger partial charge in [-0.3, -0.25) is 9.13 Å². The lowest BCUT2D eigenvalue weighted by Gasteiger charge is -2.08. The average molecular weight is 323 g/mol. The molecule has 0 unspecified atom stereocenters. The predicted octanol–water partition coefficient (Wildman–Crippen LogP) is 3.40. The second-order valence-corrected chi connectivity index (χ2v) is 5.63. The van der Waals surface area contributed by atoms with Crippen molar-refractivity contribution in [3.63, 3.8) is 0 Å². The fraction of sp³-hybridized carbons (Fsp3) is 0.133. The van der Waals surface area contributed by atoms with Crippen LogP contribution in [0.1, 0.15) is 5.56 Å². The van der Waals surface area contributed by atoms with Gasteiger partial charge in [-0.15, -0.1) is 0 Å². The molecule has 0 amide bonds. The van der Waals surface area contributed by atoms with Gasteiger partial charge in [0.15, 0.2) is 0 Å². The van der Waals surface area contributed by atoms with E-state index >= 15 is 0 Å². The molecule has 0 fully saturated rings. The summed E-state index contributed by atoms with van der Waals surface area (Å²) in [5.74, 6) is -0.0515. The number of nitrogens with zero attached hydrogens (tertiary/aromatic N) is 2. The van der Waals surface area contributed by atoms with E-state index in [0.717, 1.165) is 11.0 Å². The van der Waals surface area contributed by atoms with Crippen LogP contribution in [0.25, 0.3) is 11.0 Å². The highest BCUT2D eigenvalue weighted by atomic mass is 35.5. The number of hydrogen-bond donors (Lipinski definition) is 1. The largest absolute Gasteiger partial charge is 0.506 e. The molecular weight excluding hydrogens is 311 g/mol. The first kappa shape index (κ1) is 14.0. The van der Waals surface area contributed by atoms with Crippen molar-refractivity contribution in [1.29, 1.82) is 0 Å². The van der Waals surface area contributed by atoms with Gasteiger partial charge >= 0.3 is 5.69 Å². The van der Waals surface area contributed by atoms with Crippen LogP contribution < -0.4 is 5.69 Å². The molecule has 0 radical (unpaired) electrons. The Hall–Kier alpha value is -1.91. The molecule has 21 heavy (non-hydrogen) atoms. The summed E-state index contributed by atoms with van der Waals surface area (Å²) >= 11 is 12.0. The maximum Gasteiger partial charge on any atom is 0.329 e. The van der Waals surface area contributed by atoms with Crippen molar-refractivity contribution in [2.24, 2.45) is 7.05 Å². The van der Waals surface area contributed by atoms with Gasteiger partial charge in [-0.05, 0) is 29.8 Å². The molecule has 0 spiro atoms. The van der Waals surface area contributed by atoms with Crippen LogP contribution in [0.3, 0.4) is 0 Å². The molecule has 6 heteroatoms. The Morgan fingerprint density at radius 1 is 1.10 bits per heavy atom. The number of imidazole rings is 1. The van der Waals surface area contributed by atoms with Crippen LogP contribution in [-0.4, -0.2) is 14.2 Å². The molecule has 4 nitrogen and oxygen atoms in total. The molecular formula is C15H12Cl2N2O2. The van der Waals surface area contributed by atoms with E-state index in [-0.39, 0.29) is 23.0 Å². The van der Waals surface area contributed by atoms with Gasteiger partial charge in [0.25, 0.3) is 0 Å². The van der Waals surface area contributed by atoms with E-state index in [2.05, 4.69) is 0 Å². The molecule has 108 valence electrons. The van der Waals surface area contributed by atoms with Crippen molar-refractivity contribution in [2.45, 2.75) is 6.54 Å². The standard InChI is InChI=1S/C15H12Cl2N2O2/c1-18-12-4-2-3-5-13(12)19(15(18)21)8-9-6-14(20)11(17)7-10(9)16/h2-7,20H,8H2,1H3. The number of para-hydroxylation sites is 2. The first-order valence-corrected chi connectivity index (χ1v) is 7.06.